The fourth-order valence-electron chi connectivity index (χ4n) is 1.19. The monoisotopic (exact) mass is 192 g/mol. The Morgan fingerprint density at radius 1 is 1.57 bits per heavy atom. The lowest BCUT2D eigenvalue weighted by molar-refractivity contribution is 0.0696. The van der Waals surface area contributed by atoms with E-state index < -0.39 is 5.97 Å². The van der Waals surface area contributed by atoms with Crippen LogP contribution in [0.5, 0.6) is 0 Å². The van der Waals surface area contributed by atoms with Crippen molar-refractivity contribution in [3.8, 4) is 0 Å². The summed E-state index contributed by atoms with van der Waals surface area (Å²) in [5.74, 6) is -1.31. The maximum Gasteiger partial charge on any atom is 0.335 e. The Balaban J connectivity index is 2.98. The van der Waals surface area contributed by atoms with Gasteiger partial charge in [0.25, 0.3) is 0 Å². The quantitative estimate of drug-likeness (QED) is 0.596. The summed E-state index contributed by atoms with van der Waals surface area (Å²) in [4.78, 5) is 10.7. The molecule has 1 aromatic rings. The van der Waals surface area contributed by atoms with E-state index in [1.165, 1.54) is 12.1 Å². The molecule has 0 fully saturated rings. The van der Waals surface area contributed by atoms with E-state index in [0.717, 1.165) is 13.0 Å². The van der Waals surface area contributed by atoms with Gasteiger partial charge in [0.05, 0.1) is 5.56 Å². The smallest absolute Gasteiger partial charge is 0.335 e. The second-order valence-electron chi connectivity index (χ2n) is 2.85. The van der Waals surface area contributed by atoms with Crippen LogP contribution in [-0.2, 0) is 0 Å². The molecule has 73 valence electrons. The van der Waals surface area contributed by atoms with Crippen LogP contribution in [0.1, 0.15) is 21.9 Å². The van der Waals surface area contributed by atoms with Crippen LogP contribution < -0.4 is 5.32 Å². The van der Waals surface area contributed by atoms with Gasteiger partial charge >= 0.3 is 13.5 Å². The lowest BCUT2D eigenvalue weighted by Crippen LogP contribution is -2.22. The summed E-state index contributed by atoms with van der Waals surface area (Å²) in [7, 11) is 2.67. The van der Waals surface area contributed by atoms with Crippen molar-refractivity contribution in [3.05, 3.63) is 35.4 Å². The Kier molecular flexibility index (Phi) is 3.68. The van der Waals surface area contributed by atoms with E-state index in [9.17, 15) is 4.79 Å². The van der Waals surface area contributed by atoms with Crippen molar-refractivity contribution in [1.29, 1.82) is 0 Å². The number of carbonyl (C=O) groups is 1. The number of aromatic carboxylic acids is 1. The number of hydrogen-bond acceptors (Lipinski definition) is 3. The zero-order valence-electron chi connectivity index (χ0n) is 7.77. The fraction of sp³-hybridized carbons (Fsp3) is 0.222. The molecule has 0 saturated heterocycles. The van der Waals surface area contributed by atoms with Crippen molar-refractivity contribution in [2.75, 3.05) is 7.05 Å². The van der Waals surface area contributed by atoms with Gasteiger partial charge in [0.2, 0.25) is 0 Å². The van der Waals surface area contributed by atoms with Gasteiger partial charge in [-0.05, 0) is 24.7 Å². The zero-order valence-corrected chi connectivity index (χ0v) is 7.77. The predicted molar refractivity (Wildman–Crippen MR) is 53.2 cm³/mol. The number of nitrogens with one attached hydrogen (secondary N) is 1. The molecular formula is C9H11BNO3. The van der Waals surface area contributed by atoms with Gasteiger partial charge in [-0.25, -0.2) is 4.79 Å². The molecule has 1 atom stereocenters. The summed E-state index contributed by atoms with van der Waals surface area (Å²) in [5, 5.41) is 20.5. The van der Waals surface area contributed by atoms with E-state index in [2.05, 4.69) is 5.32 Å². The SMILES string of the molecule is CN[C@H]([B]O)c1cccc(C(=O)O)c1. The van der Waals surface area contributed by atoms with Gasteiger partial charge in [-0.2, -0.15) is 0 Å². The van der Waals surface area contributed by atoms with Gasteiger partial charge in [0.1, 0.15) is 0 Å². The van der Waals surface area contributed by atoms with Crippen LogP contribution in [0.3, 0.4) is 0 Å². The first kappa shape index (κ1) is 10.8. The Bertz CT molecular complexity index is 326. The van der Waals surface area contributed by atoms with Gasteiger partial charge in [0.15, 0.2) is 0 Å². The van der Waals surface area contributed by atoms with E-state index in [4.69, 9.17) is 10.1 Å². The predicted octanol–water partition coefficient (Wildman–Crippen LogP) is 0.214. The van der Waals surface area contributed by atoms with Crippen molar-refractivity contribution in [2.45, 2.75) is 5.94 Å². The number of benzene rings is 1. The molecule has 0 bridgehead atoms. The molecule has 0 aliphatic carbocycles. The molecule has 0 aliphatic heterocycles. The fourth-order valence-corrected chi connectivity index (χ4v) is 1.19. The van der Waals surface area contributed by atoms with E-state index in [1.807, 2.05) is 0 Å². The van der Waals surface area contributed by atoms with Crippen molar-refractivity contribution in [2.24, 2.45) is 0 Å². The van der Waals surface area contributed by atoms with E-state index >= 15 is 0 Å². The topological polar surface area (TPSA) is 69.6 Å². The normalized spacial score (nSPS) is 12.1. The molecule has 0 saturated carbocycles. The molecule has 4 nitrogen and oxygen atoms in total. The molecule has 0 spiro atoms. The molecule has 3 N–H and O–H groups in total. The van der Waals surface area contributed by atoms with Crippen LogP contribution in [0.4, 0.5) is 0 Å². The first-order valence-electron chi connectivity index (χ1n) is 4.17. The van der Waals surface area contributed by atoms with Crippen LogP contribution in [0.15, 0.2) is 24.3 Å². The van der Waals surface area contributed by atoms with Gasteiger partial charge in [-0.15, -0.1) is 0 Å². The van der Waals surface area contributed by atoms with Gasteiger partial charge in [-0.3, -0.25) is 0 Å². The summed E-state index contributed by atoms with van der Waals surface area (Å²) in [6.07, 6.45) is 0. The van der Waals surface area contributed by atoms with Crippen LogP contribution in [0.25, 0.3) is 0 Å². The number of carboxylic acids is 1. The molecule has 1 radical (unpaired) electrons. The van der Waals surface area contributed by atoms with Crippen molar-refractivity contribution in [1.82, 2.24) is 5.32 Å². The molecule has 1 aromatic carbocycles. The number of rotatable bonds is 4. The molecule has 1 rings (SSSR count). The highest BCUT2D eigenvalue weighted by Gasteiger charge is 2.11. The summed E-state index contributed by atoms with van der Waals surface area (Å²) < 4.78 is 0. The summed E-state index contributed by atoms with van der Waals surface area (Å²) >= 11 is 0. The minimum Gasteiger partial charge on any atom is -0.478 e. The molecule has 0 heterocycles. The van der Waals surface area contributed by atoms with Crippen molar-refractivity contribution in [3.63, 3.8) is 0 Å². The Hall–Kier alpha value is -1.33. The third-order valence-electron chi connectivity index (χ3n) is 1.95. The highest BCUT2D eigenvalue weighted by atomic mass is 16.4. The van der Waals surface area contributed by atoms with Crippen molar-refractivity contribution < 1.29 is 14.9 Å². The molecule has 0 aliphatic rings. The van der Waals surface area contributed by atoms with E-state index in [1.54, 1.807) is 19.2 Å². The molecule has 0 unspecified atom stereocenters. The molecule has 5 heteroatoms. The lowest BCUT2D eigenvalue weighted by atomic mass is 9.82. The average molecular weight is 192 g/mol. The Morgan fingerprint density at radius 2 is 2.29 bits per heavy atom. The Labute approximate surface area is 82.8 Å². The van der Waals surface area contributed by atoms with E-state index in [-0.39, 0.29) is 11.5 Å². The van der Waals surface area contributed by atoms with Crippen LogP contribution in [0, 0.1) is 0 Å². The summed E-state index contributed by atoms with van der Waals surface area (Å²) in [6.45, 7) is 0. The number of carboxylic acid groups (broad SMARTS) is 1. The number of hydrogen-bond donors (Lipinski definition) is 3. The lowest BCUT2D eigenvalue weighted by Gasteiger charge is -2.12. The van der Waals surface area contributed by atoms with Crippen LogP contribution in [0.2, 0.25) is 0 Å². The first-order valence-corrected chi connectivity index (χ1v) is 4.17. The second kappa shape index (κ2) is 4.78. The summed E-state index contributed by atoms with van der Waals surface area (Å²) in [5.41, 5.74) is 0.930. The highest BCUT2D eigenvalue weighted by molar-refractivity contribution is 6.27. The largest absolute Gasteiger partial charge is 0.478 e. The maximum atomic E-state index is 10.7. The van der Waals surface area contributed by atoms with Crippen LogP contribution >= 0.6 is 0 Å². The maximum absolute atomic E-state index is 10.7. The van der Waals surface area contributed by atoms with E-state index in [0.29, 0.717) is 0 Å². The molecule has 0 amide bonds. The standard InChI is InChI=1S/C9H11BNO3/c1-11-8(10-14)6-3-2-4-7(5-6)9(12)13/h2-5,8,11,14H,1H3,(H,12,13)/t8-/m0/s1. The second-order valence-corrected chi connectivity index (χ2v) is 2.85. The van der Waals surface area contributed by atoms with Gasteiger partial charge < -0.3 is 15.4 Å². The molecular weight excluding hydrogens is 181 g/mol. The third-order valence-corrected chi connectivity index (χ3v) is 1.95. The van der Waals surface area contributed by atoms with Gasteiger partial charge in [0, 0.05) is 5.94 Å². The minimum atomic E-state index is -0.973. The minimum absolute atomic E-state index is 0.213. The van der Waals surface area contributed by atoms with Crippen LogP contribution in [-0.4, -0.2) is 30.6 Å². The highest BCUT2D eigenvalue weighted by Crippen LogP contribution is 2.12. The summed E-state index contributed by atoms with van der Waals surface area (Å²) in [6, 6.07) is 6.43. The third kappa shape index (κ3) is 2.34. The van der Waals surface area contributed by atoms with Gasteiger partial charge in [-0.1, -0.05) is 12.1 Å². The van der Waals surface area contributed by atoms with Crippen molar-refractivity contribution >= 4 is 13.5 Å². The molecule has 0 aromatic heterocycles. The first-order chi connectivity index (χ1) is 6.69. The Morgan fingerprint density at radius 3 is 2.79 bits per heavy atom. The zero-order chi connectivity index (χ0) is 10.6. The molecule has 14 heavy (non-hydrogen) atoms. The average Bonchev–Trinajstić information content (AvgIpc) is 2.20.